The zero-order chi connectivity index (χ0) is 14.4. The van der Waals surface area contributed by atoms with E-state index in [-0.39, 0.29) is 0 Å². The number of benzene rings is 3. The topological polar surface area (TPSA) is 13.1 Å². The highest BCUT2D eigenvalue weighted by Gasteiger charge is 2.11. The van der Waals surface area contributed by atoms with E-state index in [1.165, 1.54) is 27.5 Å². The first-order chi connectivity index (χ1) is 10.2. The summed E-state index contributed by atoms with van der Waals surface area (Å²) in [6, 6.07) is 21.2. The lowest BCUT2D eigenvalue weighted by Crippen LogP contribution is -1.83. The van der Waals surface area contributed by atoms with Gasteiger partial charge in [-0.05, 0) is 25.5 Å². The number of rotatable bonds is 1. The summed E-state index contributed by atoms with van der Waals surface area (Å²) in [5.74, 6) is 0. The Morgan fingerprint density at radius 3 is 2.24 bits per heavy atom. The summed E-state index contributed by atoms with van der Waals surface area (Å²) in [6.07, 6.45) is 0. The van der Waals surface area contributed by atoms with E-state index in [0.717, 1.165) is 16.7 Å². The Labute approximate surface area is 123 Å². The van der Waals surface area contributed by atoms with Gasteiger partial charge in [0.25, 0.3) is 0 Å². The zero-order valence-electron chi connectivity index (χ0n) is 12.2. The third-order valence-corrected chi connectivity index (χ3v) is 3.94. The number of para-hydroxylation sites is 2. The van der Waals surface area contributed by atoms with Crippen LogP contribution in [0.2, 0.25) is 0 Å². The molecule has 102 valence electrons. The molecule has 0 fully saturated rings. The van der Waals surface area contributed by atoms with Crippen LogP contribution in [0.3, 0.4) is 0 Å². The van der Waals surface area contributed by atoms with Crippen molar-refractivity contribution in [1.29, 1.82) is 0 Å². The second-order valence-corrected chi connectivity index (χ2v) is 5.66. The Morgan fingerprint density at radius 2 is 1.43 bits per heavy atom. The highest BCUT2D eigenvalue weighted by Crippen LogP contribution is 2.36. The van der Waals surface area contributed by atoms with Crippen molar-refractivity contribution in [3.63, 3.8) is 0 Å². The lowest BCUT2D eigenvalue weighted by molar-refractivity contribution is 0.670. The monoisotopic (exact) mass is 272 g/mol. The minimum Gasteiger partial charge on any atom is -0.455 e. The molecule has 0 saturated heterocycles. The number of aryl methyl sites for hydroxylation is 2. The zero-order valence-corrected chi connectivity index (χ0v) is 12.2. The predicted octanol–water partition coefficient (Wildman–Crippen LogP) is 5.87. The summed E-state index contributed by atoms with van der Waals surface area (Å²) in [5, 5.41) is 2.36. The van der Waals surface area contributed by atoms with Crippen LogP contribution in [0.1, 0.15) is 11.1 Å². The first-order valence-electron chi connectivity index (χ1n) is 7.21. The molecule has 1 heterocycles. The van der Waals surface area contributed by atoms with Gasteiger partial charge >= 0.3 is 0 Å². The normalized spacial score (nSPS) is 11.3. The maximum absolute atomic E-state index is 6.12. The fourth-order valence-corrected chi connectivity index (χ4v) is 3.10. The van der Waals surface area contributed by atoms with Gasteiger partial charge in [-0.2, -0.15) is 0 Å². The summed E-state index contributed by atoms with van der Waals surface area (Å²) in [7, 11) is 0. The van der Waals surface area contributed by atoms with Gasteiger partial charge in [0.2, 0.25) is 0 Å². The Bertz CT molecular complexity index is 940. The molecule has 0 radical (unpaired) electrons. The SMILES string of the molecule is Cc1cc(C)cc(-c2cccc3c2oc2ccccc23)c1. The van der Waals surface area contributed by atoms with Gasteiger partial charge in [0.1, 0.15) is 11.2 Å². The highest BCUT2D eigenvalue weighted by atomic mass is 16.3. The van der Waals surface area contributed by atoms with E-state index in [1.54, 1.807) is 0 Å². The molecule has 4 aromatic rings. The molecule has 3 aromatic carbocycles. The van der Waals surface area contributed by atoms with E-state index in [0.29, 0.717) is 0 Å². The Morgan fingerprint density at radius 1 is 0.714 bits per heavy atom. The van der Waals surface area contributed by atoms with Gasteiger partial charge < -0.3 is 4.42 Å². The molecule has 0 spiro atoms. The molecule has 0 bridgehead atoms. The summed E-state index contributed by atoms with van der Waals surface area (Å²) >= 11 is 0. The molecule has 1 heteroatoms. The van der Waals surface area contributed by atoms with Crippen molar-refractivity contribution in [1.82, 2.24) is 0 Å². The van der Waals surface area contributed by atoms with Crippen LogP contribution in [-0.2, 0) is 0 Å². The molecule has 1 nitrogen and oxygen atoms in total. The molecule has 0 N–H and O–H groups in total. The van der Waals surface area contributed by atoms with Crippen LogP contribution in [0.15, 0.2) is 65.1 Å². The van der Waals surface area contributed by atoms with Crippen molar-refractivity contribution >= 4 is 21.9 Å². The molecular formula is C20H16O. The molecule has 0 amide bonds. The summed E-state index contributed by atoms with van der Waals surface area (Å²) in [5.41, 5.74) is 6.86. The molecule has 0 aliphatic heterocycles. The quantitative estimate of drug-likeness (QED) is 0.422. The van der Waals surface area contributed by atoms with Gasteiger partial charge in [-0.15, -0.1) is 0 Å². The molecular weight excluding hydrogens is 256 g/mol. The van der Waals surface area contributed by atoms with Gasteiger partial charge in [-0.1, -0.05) is 65.7 Å². The van der Waals surface area contributed by atoms with Crippen LogP contribution < -0.4 is 0 Å². The fourth-order valence-electron chi connectivity index (χ4n) is 3.10. The molecule has 0 unspecified atom stereocenters. The molecule has 0 atom stereocenters. The first-order valence-corrected chi connectivity index (χ1v) is 7.21. The van der Waals surface area contributed by atoms with Gasteiger partial charge in [0.15, 0.2) is 0 Å². The predicted molar refractivity (Wildman–Crippen MR) is 88.6 cm³/mol. The molecule has 21 heavy (non-hydrogen) atoms. The largest absolute Gasteiger partial charge is 0.455 e. The van der Waals surface area contributed by atoms with Crippen molar-refractivity contribution in [3.05, 3.63) is 71.8 Å². The average Bonchev–Trinajstić information content (AvgIpc) is 2.84. The third-order valence-electron chi connectivity index (χ3n) is 3.94. The highest BCUT2D eigenvalue weighted by molar-refractivity contribution is 6.09. The standard InChI is InChI=1S/C20H16O/c1-13-10-14(2)12-15(11-13)16-7-5-8-18-17-6-3-4-9-19(17)21-20(16)18/h3-12H,1-2H3. The first kappa shape index (κ1) is 12.2. The Kier molecular flexibility index (Phi) is 2.61. The number of furan rings is 1. The minimum absolute atomic E-state index is 0.948. The van der Waals surface area contributed by atoms with Crippen LogP contribution in [0, 0.1) is 13.8 Å². The van der Waals surface area contributed by atoms with Crippen molar-refractivity contribution in [2.24, 2.45) is 0 Å². The maximum atomic E-state index is 6.12. The number of hydrogen-bond donors (Lipinski definition) is 0. The second kappa shape index (κ2) is 4.49. The molecule has 0 saturated carbocycles. The Hall–Kier alpha value is -2.54. The van der Waals surface area contributed by atoms with Crippen LogP contribution in [-0.4, -0.2) is 0 Å². The molecule has 1 aromatic heterocycles. The van der Waals surface area contributed by atoms with Gasteiger partial charge in [0.05, 0.1) is 0 Å². The van der Waals surface area contributed by atoms with Crippen LogP contribution >= 0.6 is 0 Å². The molecule has 0 aliphatic carbocycles. The lowest BCUT2D eigenvalue weighted by atomic mass is 9.99. The fraction of sp³-hybridized carbons (Fsp3) is 0.100. The second-order valence-electron chi connectivity index (χ2n) is 5.66. The van der Waals surface area contributed by atoms with Crippen LogP contribution in [0.4, 0.5) is 0 Å². The lowest BCUT2D eigenvalue weighted by Gasteiger charge is -2.06. The third kappa shape index (κ3) is 1.93. The molecule has 4 rings (SSSR count). The number of hydrogen-bond acceptors (Lipinski definition) is 1. The smallest absolute Gasteiger partial charge is 0.143 e. The molecule has 0 aliphatic rings. The van der Waals surface area contributed by atoms with Gasteiger partial charge in [-0.3, -0.25) is 0 Å². The van der Waals surface area contributed by atoms with Crippen molar-refractivity contribution < 1.29 is 4.42 Å². The van der Waals surface area contributed by atoms with Gasteiger partial charge in [-0.25, -0.2) is 0 Å². The average molecular weight is 272 g/mol. The van der Waals surface area contributed by atoms with Crippen LogP contribution in [0.5, 0.6) is 0 Å². The summed E-state index contributed by atoms with van der Waals surface area (Å²) < 4.78 is 6.12. The minimum atomic E-state index is 0.948. The van der Waals surface area contributed by atoms with Crippen molar-refractivity contribution in [2.75, 3.05) is 0 Å². The van der Waals surface area contributed by atoms with Crippen molar-refractivity contribution in [2.45, 2.75) is 13.8 Å². The summed E-state index contributed by atoms with van der Waals surface area (Å²) in [6.45, 7) is 4.27. The van der Waals surface area contributed by atoms with Crippen molar-refractivity contribution in [3.8, 4) is 11.1 Å². The maximum Gasteiger partial charge on any atom is 0.143 e. The van der Waals surface area contributed by atoms with Gasteiger partial charge in [0, 0.05) is 16.3 Å². The van der Waals surface area contributed by atoms with E-state index in [2.05, 4.69) is 62.4 Å². The van der Waals surface area contributed by atoms with E-state index in [1.807, 2.05) is 12.1 Å². The van der Waals surface area contributed by atoms with E-state index in [4.69, 9.17) is 4.42 Å². The summed E-state index contributed by atoms with van der Waals surface area (Å²) in [4.78, 5) is 0. The van der Waals surface area contributed by atoms with E-state index in [9.17, 15) is 0 Å². The Balaban J connectivity index is 2.09. The number of fused-ring (bicyclic) bond motifs is 3. The van der Waals surface area contributed by atoms with E-state index >= 15 is 0 Å². The van der Waals surface area contributed by atoms with Crippen LogP contribution in [0.25, 0.3) is 33.1 Å². The van der Waals surface area contributed by atoms with E-state index < -0.39 is 0 Å².